The third-order valence-corrected chi connectivity index (χ3v) is 5.11. The van der Waals surface area contributed by atoms with Gasteiger partial charge in [-0.25, -0.2) is 4.90 Å². The van der Waals surface area contributed by atoms with Crippen LogP contribution in [0.1, 0.15) is 12.5 Å². The van der Waals surface area contributed by atoms with Crippen LogP contribution in [-0.4, -0.2) is 36.1 Å². The molecule has 0 unspecified atom stereocenters. The van der Waals surface area contributed by atoms with E-state index in [1.165, 1.54) is 19.1 Å². The first kappa shape index (κ1) is 17.7. The van der Waals surface area contributed by atoms with Crippen LogP contribution in [0.3, 0.4) is 0 Å². The van der Waals surface area contributed by atoms with E-state index in [1.807, 2.05) is 0 Å². The van der Waals surface area contributed by atoms with Crippen molar-refractivity contribution in [3.8, 4) is 0 Å². The van der Waals surface area contributed by atoms with Gasteiger partial charge in [-0.05, 0) is 18.2 Å². The van der Waals surface area contributed by atoms with E-state index in [1.54, 1.807) is 12.2 Å². The summed E-state index contributed by atoms with van der Waals surface area (Å²) in [6.45, 7) is 0.900. The molecule has 27 heavy (non-hydrogen) atoms. The standard InChI is InChI=1S/C18H14F3NO5/c1-9(23)26-8-17-7-6-12(27-17)13-14(17)16(25)22(15(13)24)11-5-3-2-4-10(11)18(19,20)21/h2-7,12-14H,8H2,1H3/t12-,13-,14+,17-/m1/s1. The maximum absolute atomic E-state index is 13.4. The van der Waals surface area contributed by atoms with E-state index in [0.717, 1.165) is 12.1 Å². The van der Waals surface area contributed by atoms with Crippen molar-refractivity contribution in [3.05, 3.63) is 42.0 Å². The zero-order valence-corrected chi connectivity index (χ0v) is 14.0. The van der Waals surface area contributed by atoms with Crippen molar-refractivity contribution in [1.82, 2.24) is 0 Å². The van der Waals surface area contributed by atoms with E-state index in [0.29, 0.717) is 4.90 Å². The highest BCUT2D eigenvalue weighted by molar-refractivity contribution is 6.23. The SMILES string of the molecule is CC(=O)OC[C@@]12C=C[C@@H](O1)[C@H]1C(=O)N(c3ccccc3C(F)(F)F)C(=O)[C@H]12. The first-order valence-electron chi connectivity index (χ1n) is 8.20. The average molecular weight is 381 g/mol. The number of esters is 1. The second-order valence-electron chi connectivity index (χ2n) is 6.71. The Balaban J connectivity index is 1.74. The number of rotatable bonds is 3. The lowest BCUT2D eigenvalue weighted by Gasteiger charge is -2.28. The predicted octanol–water partition coefficient (Wildman–Crippen LogP) is 2.08. The molecule has 2 bridgehead atoms. The molecule has 0 aromatic heterocycles. The second-order valence-corrected chi connectivity index (χ2v) is 6.71. The fourth-order valence-electron chi connectivity index (χ4n) is 4.03. The van der Waals surface area contributed by atoms with Crippen LogP contribution >= 0.6 is 0 Å². The van der Waals surface area contributed by atoms with Gasteiger partial charge in [-0.15, -0.1) is 0 Å². The molecular formula is C18H14F3NO5. The van der Waals surface area contributed by atoms with E-state index in [9.17, 15) is 27.6 Å². The molecule has 3 aliphatic heterocycles. The Morgan fingerprint density at radius 1 is 1.26 bits per heavy atom. The minimum atomic E-state index is -4.72. The molecule has 0 aliphatic carbocycles. The molecule has 4 rings (SSSR count). The number of para-hydroxylation sites is 1. The van der Waals surface area contributed by atoms with E-state index < -0.39 is 58.8 Å². The Kier molecular flexibility index (Phi) is 3.71. The molecule has 2 amide bonds. The monoisotopic (exact) mass is 381 g/mol. The number of hydrogen-bond acceptors (Lipinski definition) is 5. The number of carbonyl (C=O) groups excluding carboxylic acids is 3. The van der Waals surface area contributed by atoms with Crippen LogP contribution in [0.4, 0.5) is 18.9 Å². The van der Waals surface area contributed by atoms with Crippen molar-refractivity contribution in [3.63, 3.8) is 0 Å². The summed E-state index contributed by atoms with van der Waals surface area (Å²) < 4.78 is 50.8. The van der Waals surface area contributed by atoms with Crippen molar-refractivity contribution < 1.29 is 37.0 Å². The number of halogens is 3. The van der Waals surface area contributed by atoms with Crippen LogP contribution in [0.25, 0.3) is 0 Å². The fourth-order valence-corrected chi connectivity index (χ4v) is 4.03. The Hall–Kier alpha value is -2.68. The molecule has 3 aliphatic rings. The molecular weight excluding hydrogens is 367 g/mol. The number of nitrogens with zero attached hydrogens (tertiary/aromatic N) is 1. The average Bonchev–Trinajstić information content (AvgIpc) is 3.23. The summed E-state index contributed by atoms with van der Waals surface area (Å²) in [6, 6.07) is 4.43. The number of hydrogen-bond donors (Lipinski definition) is 0. The Morgan fingerprint density at radius 2 is 1.96 bits per heavy atom. The highest BCUT2D eigenvalue weighted by Crippen LogP contribution is 2.53. The van der Waals surface area contributed by atoms with Gasteiger partial charge >= 0.3 is 12.1 Å². The van der Waals surface area contributed by atoms with Crippen molar-refractivity contribution in [2.24, 2.45) is 11.8 Å². The Morgan fingerprint density at radius 3 is 2.63 bits per heavy atom. The van der Waals surface area contributed by atoms with Crippen LogP contribution < -0.4 is 4.90 Å². The van der Waals surface area contributed by atoms with Gasteiger partial charge in [-0.1, -0.05) is 18.2 Å². The van der Waals surface area contributed by atoms with E-state index in [4.69, 9.17) is 9.47 Å². The number of anilines is 1. The van der Waals surface area contributed by atoms with E-state index >= 15 is 0 Å². The largest absolute Gasteiger partial charge is 0.462 e. The van der Waals surface area contributed by atoms with Gasteiger partial charge in [-0.3, -0.25) is 14.4 Å². The minimum absolute atomic E-state index is 0.287. The predicted molar refractivity (Wildman–Crippen MR) is 84.3 cm³/mol. The van der Waals surface area contributed by atoms with E-state index in [2.05, 4.69) is 0 Å². The highest BCUT2D eigenvalue weighted by atomic mass is 19.4. The number of alkyl halides is 3. The lowest BCUT2D eigenvalue weighted by atomic mass is 9.77. The molecule has 142 valence electrons. The maximum atomic E-state index is 13.4. The van der Waals surface area contributed by atoms with Gasteiger partial charge < -0.3 is 9.47 Å². The number of carbonyl (C=O) groups is 3. The van der Waals surface area contributed by atoms with Gasteiger partial charge in [0, 0.05) is 6.92 Å². The molecule has 1 aromatic carbocycles. The number of benzene rings is 1. The Labute approximate surface area is 151 Å². The van der Waals surface area contributed by atoms with Gasteiger partial charge in [-0.2, -0.15) is 13.2 Å². The van der Waals surface area contributed by atoms with Crippen molar-refractivity contribution in [2.45, 2.75) is 24.8 Å². The highest BCUT2D eigenvalue weighted by Gasteiger charge is 2.68. The van der Waals surface area contributed by atoms with Gasteiger partial charge in [0.25, 0.3) is 0 Å². The number of ether oxygens (including phenoxy) is 2. The molecule has 4 atom stereocenters. The lowest BCUT2D eigenvalue weighted by Crippen LogP contribution is -2.44. The molecule has 9 heteroatoms. The van der Waals surface area contributed by atoms with E-state index in [-0.39, 0.29) is 6.61 Å². The summed E-state index contributed by atoms with van der Waals surface area (Å²) >= 11 is 0. The fraction of sp³-hybridized carbons (Fsp3) is 0.389. The van der Waals surface area contributed by atoms with Crippen LogP contribution in [0, 0.1) is 11.8 Å². The third kappa shape index (κ3) is 2.48. The maximum Gasteiger partial charge on any atom is 0.418 e. The van der Waals surface area contributed by atoms with Gasteiger partial charge in [0.1, 0.15) is 12.2 Å². The molecule has 1 aromatic rings. The Bertz CT molecular complexity index is 880. The quantitative estimate of drug-likeness (QED) is 0.455. The minimum Gasteiger partial charge on any atom is -0.462 e. The summed E-state index contributed by atoms with van der Waals surface area (Å²) in [5, 5.41) is 0. The van der Waals surface area contributed by atoms with Crippen molar-refractivity contribution in [1.29, 1.82) is 0 Å². The first-order chi connectivity index (χ1) is 12.7. The number of imide groups is 1. The van der Waals surface area contributed by atoms with Crippen molar-refractivity contribution >= 4 is 23.5 Å². The molecule has 0 spiro atoms. The second kappa shape index (κ2) is 5.66. The smallest absolute Gasteiger partial charge is 0.418 e. The summed E-state index contributed by atoms with van der Waals surface area (Å²) in [5.74, 6) is -4.12. The van der Waals surface area contributed by atoms with Crippen LogP contribution in [0.5, 0.6) is 0 Å². The van der Waals surface area contributed by atoms with Gasteiger partial charge in [0.15, 0.2) is 0 Å². The molecule has 2 saturated heterocycles. The molecule has 6 nitrogen and oxygen atoms in total. The van der Waals surface area contributed by atoms with Crippen LogP contribution in [0.15, 0.2) is 36.4 Å². The van der Waals surface area contributed by atoms with Gasteiger partial charge in [0.05, 0.1) is 29.2 Å². The number of fused-ring (bicyclic) bond motifs is 5. The lowest BCUT2D eigenvalue weighted by molar-refractivity contribution is -0.151. The molecule has 2 fully saturated rings. The molecule has 0 radical (unpaired) electrons. The number of amides is 2. The molecule has 0 saturated carbocycles. The normalized spacial score (nSPS) is 31.6. The van der Waals surface area contributed by atoms with Crippen LogP contribution in [-0.2, 0) is 30.0 Å². The van der Waals surface area contributed by atoms with Crippen molar-refractivity contribution in [2.75, 3.05) is 11.5 Å². The summed E-state index contributed by atoms with van der Waals surface area (Å²) in [5.41, 5.74) is -2.91. The topological polar surface area (TPSA) is 72.9 Å². The summed E-state index contributed by atoms with van der Waals surface area (Å²) in [4.78, 5) is 37.6. The van der Waals surface area contributed by atoms with Crippen LogP contribution in [0.2, 0.25) is 0 Å². The zero-order chi connectivity index (χ0) is 19.6. The third-order valence-electron chi connectivity index (χ3n) is 5.11. The molecule has 0 N–H and O–H groups in total. The summed E-state index contributed by atoms with van der Waals surface area (Å²) in [6.07, 6.45) is -2.34. The van der Waals surface area contributed by atoms with Gasteiger partial charge in [0.2, 0.25) is 11.8 Å². The molecule has 3 heterocycles. The summed E-state index contributed by atoms with van der Waals surface area (Å²) in [7, 11) is 0. The zero-order valence-electron chi connectivity index (χ0n) is 14.0. The first-order valence-corrected chi connectivity index (χ1v) is 8.20.